The fourth-order valence-corrected chi connectivity index (χ4v) is 8.44. The van der Waals surface area contributed by atoms with Crippen molar-refractivity contribution in [2.45, 2.75) is 18.9 Å². The van der Waals surface area contributed by atoms with Crippen LogP contribution in [0, 0.1) is 5.82 Å². The second-order valence-electron chi connectivity index (χ2n) is 16.7. The quantitative estimate of drug-likeness (QED) is 0.0460. The average molecular weight is 981 g/mol. The molecule has 0 aliphatic carbocycles. The molecule has 3 aromatic carbocycles. The Bertz CT molecular complexity index is 2660. The van der Waals surface area contributed by atoms with Crippen molar-refractivity contribution >= 4 is 51.9 Å². The Balaban J connectivity index is 0.606. The number of aromatic amines is 1. The van der Waals surface area contributed by atoms with Crippen LogP contribution < -0.4 is 25.6 Å². The second kappa shape index (κ2) is 24.7. The third-order valence-electron chi connectivity index (χ3n) is 12.1. The second-order valence-corrected chi connectivity index (χ2v) is 16.7. The van der Waals surface area contributed by atoms with E-state index < -0.39 is 35.5 Å². The van der Waals surface area contributed by atoms with Crippen LogP contribution in [0.4, 0.5) is 15.8 Å². The first-order valence-corrected chi connectivity index (χ1v) is 23.6. The van der Waals surface area contributed by atoms with Gasteiger partial charge in [-0.15, -0.1) is 0 Å². The third-order valence-corrected chi connectivity index (χ3v) is 12.1. The Kier molecular flexibility index (Phi) is 17.6. The number of aromatic nitrogens is 4. The number of methoxy groups -OCH3 is 1. The van der Waals surface area contributed by atoms with E-state index in [-0.39, 0.29) is 41.3 Å². The van der Waals surface area contributed by atoms with E-state index >= 15 is 0 Å². The van der Waals surface area contributed by atoms with Crippen molar-refractivity contribution in [2.24, 2.45) is 0 Å². The van der Waals surface area contributed by atoms with Gasteiger partial charge in [-0.05, 0) is 42.8 Å². The lowest BCUT2D eigenvalue weighted by molar-refractivity contribution is -0.136. The lowest BCUT2D eigenvalue weighted by atomic mass is 10.0. The summed E-state index contributed by atoms with van der Waals surface area (Å²) in [6, 6.07) is 16.5. The van der Waals surface area contributed by atoms with Gasteiger partial charge in [0.05, 0.1) is 103 Å². The molecule has 1 unspecified atom stereocenters. The number of carbonyl (C=O) groups excluding carboxylic acids is 5. The highest BCUT2D eigenvalue weighted by molar-refractivity contribution is 6.25. The summed E-state index contributed by atoms with van der Waals surface area (Å²) >= 11 is 0. The van der Waals surface area contributed by atoms with E-state index in [1.807, 2.05) is 24.3 Å². The van der Waals surface area contributed by atoms with Crippen LogP contribution in [-0.4, -0.2) is 185 Å². The highest BCUT2D eigenvalue weighted by atomic mass is 19.1. The number of H-pyrrole nitrogens is 1. The number of nitrogens with one attached hydrogen (secondary N) is 4. The van der Waals surface area contributed by atoms with Crippen molar-refractivity contribution < 1.29 is 56.8 Å². The number of piperazine rings is 1. The van der Waals surface area contributed by atoms with E-state index in [2.05, 4.69) is 45.9 Å². The SMILES string of the molecule is COc1cccc(F)c1-c1ncc2[nH]nc(-c3ccc(N4CCN(CC(=O)NCCOCCOCCOCCOCCOCCNc5cccc6c5C(=O)N(C5CCC(=O)NC5=O)C6=O)CC4)cc3)c2n1. The number of carbonyl (C=O) groups is 5. The highest BCUT2D eigenvalue weighted by Gasteiger charge is 2.45. The number of anilines is 2. The van der Waals surface area contributed by atoms with E-state index in [1.165, 1.54) is 13.2 Å². The molecule has 5 amide bonds. The highest BCUT2D eigenvalue weighted by Crippen LogP contribution is 2.34. The maximum atomic E-state index is 14.8. The summed E-state index contributed by atoms with van der Waals surface area (Å²) in [5.74, 6) is -2.18. The molecule has 2 saturated heterocycles. The summed E-state index contributed by atoms with van der Waals surface area (Å²) in [4.78, 5) is 77.1. The van der Waals surface area contributed by atoms with Gasteiger partial charge in [0, 0.05) is 62.6 Å². The number of ether oxygens (including phenoxy) is 6. The van der Waals surface area contributed by atoms with Crippen molar-refractivity contribution in [1.82, 2.24) is 40.6 Å². The van der Waals surface area contributed by atoms with Crippen molar-refractivity contribution in [2.75, 3.05) is 129 Å². The number of halogens is 1. The predicted octanol–water partition coefficient (Wildman–Crippen LogP) is 2.67. The molecule has 4 N–H and O–H groups in total. The minimum Gasteiger partial charge on any atom is -0.496 e. The van der Waals surface area contributed by atoms with Crippen LogP contribution in [0.5, 0.6) is 5.75 Å². The van der Waals surface area contributed by atoms with Gasteiger partial charge in [0.1, 0.15) is 34.3 Å². The van der Waals surface area contributed by atoms with Crippen LogP contribution in [0.3, 0.4) is 0 Å². The first-order valence-electron chi connectivity index (χ1n) is 23.6. The molecule has 71 heavy (non-hydrogen) atoms. The normalized spacial score (nSPS) is 16.2. The monoisotopic (exact) mass is 980 g/mol. The maximum absolute atomic E-state index is 14.8. The van der Waals surface area contributed by atoms with Gasteiger partial charge in [-0.25, -0.2) is 14.4 Å². The molecule has 22 heteroatoms. The topological polar surface area (TPSA) is 241 Å². The molecule has 21 nitrogen and oxygen atoms in total. The molecule has 376 valence electrons. The standard InChI is InChI=1S/C49H57FN10O11/c1-66-39-7-3-5-35(50)43(39)46-53-30-37-45(55-46)44(57-56-37)32-8-10-33(11-9-32)59-18-16-58(17-19-59)31-41(62)52-15-21-68-23-25-70-27-29-71-28-26-69-24-22-67-20-14-51-36-6-2-4-34-42(36)49(65)60(48(34)64)38-12-13-40(61)54-47(38)63/h2-11,30,38,51H,12-29,31H2,1H3,(H,52,62)(H,56,57)(H,54,61,63). The molecule has 3 aliphatic heterocycles. The van der Waals surface area contributed by atoms with Gasteiger partial charge in [0.15, 0.2) is 5.82 Å². The molecule has 2 fully saturated rings. The van der Waals surface area contributed by atoms with Gasteiger partial charge < -0.3 is 44.0 Å². The lowest BCUT2D eigenvalue weighted by Crippen LogP contribution is -2.54. The van der Waals surface area contributed by atoms with Crippen molar-refractivity contribution in [3.05, 3.63) is 83.8 Å². The lowest BCUT2D eigenvalue weighted by Gasteiger charge is -2.35. The number of hydrogen-bond acceptors (Lipinski definition) is 17. The summed E-state index contributed by atoms with van der Waals surface area (Å²) in [7, 11) is 1.48. The van der Waals surface area contributed by atoms with Crippen molar-refractivity contribution in [3.63, 3.8) is 0 Å². The Morgan fingerprint density at radius 2 is 1.44 bits per heavy atom. The molecule has 8 rings (SSSR count). The van der Waals surface area contributed by atoms with Crippen LogP contribution in [-0.2, 0) is 38.1 Å². The van der Waals surface area contributed by atoms with E-state index in [4.69, 9.17) is 28.4 Å². The zero-order valence-corrected chi connectivity index (χ0v) is 39.4. The number of imide groups is 2. The van der Waals surface area contributed by atoms with Gasteiger partial charge in [-0.1, -0.05) is 24.3 Å². The van der Waals surface area contributed by atoms with Crippen LogP contribution in [0.25, 0.3) is 33.7 Å². The third kappa shape index (κ3) is 12.7. The summed E-state index contributed by atoms with van der Waals surface area (Å²) in [5.41, 5.74) is 4.82. The summed E-state index contributed by atoms with van der Waals surface area (Å²) in [6.45, 7) is 7.92. The summed E-state index contributed by atoms with van der Waals surface area (Å²) < 4.78 is 48.0. The Morgan fingerprint density at radius 1 is 0.775 bits per heavy atom. The molecule has 3 aliphatic rings. The molecule has 5 heterocycles. The van der Waals surface area contributed by atoms with E-state index in [0.29, 0.717) is 114 Å². The minimum atomic E-state index is -1.02. The molecule has 0 saturated carbocycles. The van der Waals surface area contributed by atoms with Gasteiger partial charge in [-0.3, -0.25) is 44.2 Å². The first kappa shape index (κ1) is 50.4. The van der Waals surface area contributed by atoms with E-state index in [0.717, 1.165) is 42.3 Å². The van der Waals surface area contributed by atoms with Crippen LogP contribution >= 0.6 is 0 Å². The number of rotatable bonds is 26. The number of nitrogens with zero attached hydrogens (tertiary/aromatic N) is 6. The molecule has 1 atom stereocenters. The van der Waals surface area contributed by atoms with Gasteiger partial charge in [0.2, 0.25) is 17.7 Å². The van der Waals surface area contributed by atoms with Gasteiger partial charge in [-0.2, -0.15) is 5.10 Å². The van der Waals surface area contributed by atoms with E-state index in [9.17, 15) is 28.4 Å². The summed E-state index contributed by atoms with van der Waals surface area (Å²) in [6.07, 6.45) is 1.74. The molecular formula is C49H57FN10O11. The Hall–Kier alpha value is -6.95. The van der Waals surface area contributed by atoms with Gasteiger partial charge in [0.25, 0.3) is 11.8 Å². The zero-order chi connectivity index (χ0) is 49.5. The van der Waals surface area contributed by atoms with Crippen LogP contribution in [0.2, 0.25) is 0 Å². The molecular weight excluding hydrogens is 924 g/mol. The fraction of sp³-hybridized carbons (Fsp3) is 0.429. The number of piperidine rings is 1. The van der Waals surface area contributed by atoms with Crippen LogP contribution in [0.1, 0.15) is 33.6 Å². The molecule has 5 aromatic rings. The smallest absolute Gasteiger partial charge is 0.264 e. The molecule has 0 radical (unpaired) electrons. The Morgan fingerprint density at radius 3 is 2.11 bits per heavy atom. The average Bonchev–Trinajstić information content (AvgIpc) is 3.92. The zero-order valence-electron chi connectivity index (χ0n) is 39.4. The number of hydrogen-bond donors (Lipinski definition) is 4. The number of benzene rings is 3. The molecule has 0 spiro atoms. The first-order chi connectivity index (χ1) is 34.7. The van der Waals surface area contributed by atoms with Gasteiger partial charge >= 0.3 is 0 Å². The maximum Gasteiger partial charge on any atom is 0.264 e. The van der Waals surface area contributed by atoms with E-state index in [1.54, 1.807) is 36.5 Å². The van der Waals surface area contributed by atoms with Crippen molar-refractivity contribution in [3.8, 4) is 28.4 Å². The summed E-state index contributed by atoms with van der Waals surface area (Å²) in [5, 5.41) is 15.7. The predicted molar refractivity (Wildman–Crippen MR) is 256 cm³/mol. The Labute approximate surface area is 408 Å². The van der Waals surface area contributed by atoms with Crippen LogP contribution in [0.15, 0.2) is 66.9 Å². The number of amides is 5. The minimum absolute atomic E-state index is 0.0502. The van der Waals surface area contributed by atoms with Crippen molar-refractivity contribution in [1.29, 1.82) is 0 Å². The molecule has 2 aromatic heterocycles. The largest absolute Gasteiger partial charge is 0.496 e. The molecule has 0 bridgehead atoms. The fourth-order valence-electron chi connectivity index (χ4n) is 8.44. The number of fused-ring (bicyclic) bond motifs is 2.